The van der Waals surface area contributed by atoms with Crippen LogP contribution in [0.15, 0.2) is 53.7 Å². The van der Waals surface area contributed by atoms with Gasteiger partial charge in [0.15, 0.2) is 5.84 Å². The third-order valence-corrected chi connectivity index (χ3v) is 2.88. The van der Waals surface area contributed by atoms with Gasteiger partial charge in [0.25, 0.3) is 0 Å². The molecular formula is C15H12ClN3O. The van der Waals surface area contributed by atoms with Gasteiger partial charge in [-0.1, -0.05) is 47.1 Å². The Labute approximate surface area is 122 Å². The Balaban J connectivity index is 2.05. The second-order valence-corrected chi connectivity index (χ2v) is 4.47. The summed E-state index contributed by atoms with van der Waals surface area (Å²) in [5.74, 6) is 0.238. The van der Waals surface area contributed by atoms with Crippen molar-refractivity contribution in [2.75, 3.05) is 0 Å². The average Bonchev–Trinajstić information content (AvgIpc) is 2.47. The van der Waals surface area contributed by atoms with E-state index in [1.54, 1.807) is 36.4 Å². The standard InChI is InChI=1S/C15H12ClN3O/c16-14-7-3-6-11(8-14)15(18)19-20-10-13-5-2-1-4-12(13)9-17/h1-8H,10H2,(H2,18,19). The molecule has 0 aromatic heterocycles. The van der Waals surface area contributed by atoms with Gasteiger partial charge in [-0.3, -0.25) is 0 Å². The molecule has 0 aliphatic heterocycles. The summed E-state index contributed by atoms with van der Waals surface area (Å²) in [6.07, 6.45) is 0. The number of halogens is 1. The second kappa shape index (κ2) is 6.60. The zero-order valence-corrected chi connectivity index (χ0v) is 11.3. The quantitative estimate of drug-likeness (QED) is 0.533. The van der Waals surface area contributed by atoms with Crippen molar-refractivity contribution in [1.82, 2.24) is 0 Å². The van der Waals surface area contributed by atoms with Crippen LogP contribution in [0.4, 0.5) is 0 Å². The van der Waals surface area contributed by atoms with Crippen LogP contribution in [-0.2, 0) is 11.4 Å². The second-order valence-electron chi connectivity index (χ2n) is 4.03. The fraction of sp³-hybridized carbons (Fsp3) is 0.0667. The van der Waals surface area contributed by atoms with Gasteiger partial charge in [-0.25, -0.2) is 0 Å². The first kappa shape index (κ1) is 13.9. The number of benzene rings is 2. The van der Waals surface area contributed by atoms with Crippen LogP contribution in [0.5, 0.6) is 0 Å². The van der Waals surface area contributed by atoms with Crippen LogP contribution < -0.4 is 5.73 Å². The maximum absolute atomic E-state index is 8.95. The van der Waals surface area contributed by atoms with Crippen molar-refractivity contribution in [2.24, 2.45) is 10.9 Å². The summed E-state index contributed by atoms with van der Waals surface area (Å²) in [5.41, 5.74) is 7.81. The third-order valence-electron chi connectivity index (χ3n) is 2.64. The van der Waals surface area contributed by atoms with Crippen molar-refractivity contribution in [3.63, 3.8) is 0 Å². The molecule has 20 heavy (non-hydrogen) atoms. The minimum absolute atomic E-state index is 0.186. The van der Waals surface area contributed by atoms with Crippen molar-refractivity contribution >= 4 is 17.4 Å². The molecule has 0 aliphatic rings. The van der Waals surface area contributed by atoms with Crippen molar-refractivity contribution in [2.45, 2.75) is 6.61 Å². The van der Waals surface area contributed by atoms with E-state index >= 15 is 0 Å². The highest BCUT2D eigenvalue weighted by molar-refractivity contribution is 6.31. The molecule has 2 aromatic rings. The summed E-state index contributed by atoms with van der Waals surface area (Å²) in [7, 11) is 0. The number of amidine groups is 1. The highest BCUT2D eigenvalue weighted by atomic mass is 35.5. The molecule has 0 radical (unpaired) electrons. The smallest absolute Gasteiger partial charge is 0.170 e. The van der Waals surface area contributed by atoms with Gasteiger partial charge in [0.1, 0.15) is 6.61 Å². The number of nitriles is 1. The fourth-order valence-electron chi connectivity index (χ4n) is 1.63. The highest BCUT2D eigenvalue weighted by Crippen LogP contribution is 2.11. The topological polar surface area (TPSA) is 71.4 Å². The molecule has 0 fully saturated rings. The van der Waals surface area contributed by atoms with E-state index in [1.165, 1.54) is 0 Å². The molecule has 4 nitrogen and oxygen atoms in total. The first-order chi connectivity index (χ1) is 9.70. The summed E-state index contributed by atoms with van der Waals surface area (Å²) in [6, 6.07) is 16.3. The van der Waals surface area contributed by atoms with Crippen molar-refractivity contribution in [1.29, 1.82) is 5.26 Å². The van der Waals surface area contributed by atoms with Gasteiger partial charge < -0.3 is 10.6 Å². The molecule has 0 atom stereocenters. The number of nitrogens with zero attached hydrogens (tertiary/aromatic N) is 2. The molecule has 0 bridgehead atoms. The van der Waals surface area contributed by atoms with E-state index in [-0.39, 0.29) is 12.4 Å². The summed E-state index contributed by atoms with van der Waals surface area (Å²) in [5, 5.41) is 13.4. The lowest BCUT2D eigenvalue weighted by atomic mass is 10.1. The Kier molecular flexibility index (Phi) is 4.59. The normalized spacial score (nSPS) is 10.9. The zero-order valence-electron chi connectivity index (χ0n) is 10.6. The molecule has 2 rings (SSSR count). The molecule has 0 saturated heterocycles. The number of nitrogens with two attached hydrogens (primary N) is 1. The molecule has 0 heterocycles. The summed E-state index contributed by atoms with van der Waals surface area (Å²) in [4.78, 5) is 5.19. The van der Waals surface area contributed by atoms with Crippen molar-refractivity contribution in [3.8, 4) is 6.07 Å². The lowest BCUT2D eigenvalue weighted by Crippen LogP contribution is -2.13. The predicted molar refractivity (Wildman–Crippen MR) is 78.1 cm³/mol. The number of oxime groups is 1. The van der Waals surface area contributed by atoms with Crippen LogP contribution in [0.25, 0.3) is 0 Å². The maximum Gasteiger partial charge on any atom is 0.170 e. The lowest BCUT2D eigenvalue weighted by Gasteiger charge is -2.04. The zero-order chi connectivity index (χ0) is 14.4. The molecule has 5 heteroatoms. The van der Waals surface area contributed by atoms with Crippen LogP contribution in [0.2, 0.25) is 5.02 Å². The monoisotopic (exact) mass is 285 g/mol. The molecule has 0 unspecified atom stereocenters. The Morgan fingerprint density at radius 3 is 2.80 bits per heavy atom. The van der Waals surface area contributed by atoms with Gasteiger partial charge in [0.05, 0.1) is 11.6 Å². The summed E-state index contributed by atoms with van der Waals surface area (Å²) >= 11 is 5.87. The SMILES string of the molecule is N#Cc1ccccc1CO/N=C(\N)c1cccc(Cl)c1. The molecular weight excluding hydrogens is 274 g/mol. The Bertz CT molecular complexity index is 677. The van der Waals surface area contributed by atoms with E-state index in [2.05, 4.69) is 11.2 Å². The largest absolute Gasteiger partial charge is 0.389 e. The van der Waals surface area contributed by atoms with Gasteiger partial charge in [0, 0.05) is 16.1 Å². The maximum atomic E-state index is 8.95. The Hall–Kier alpha value is -2.51. The van der Waals surface area contributed by atoms with E-state index in [0.29, 0.717) is 16.1 Å². The molecule has 100 valence electrons. The Morgan fingerprint density at radius 2 is 2.05 bits per heavy atom. The van der Waals surface area contributed by atoms with Gasteiger partial charge >= 0.3 is 0 Å². The van der Waals surface area contributed by atoms with Gasteiger partial charge in [-0.15, -0.1) is 0 Å². The average molecular weight is 286 g/mol. The number of hydrogen-bond donors (Lipinski definition) is 1. The highest BCUT2D eigenvalue weighted by Gasteiger charge is 2.02. The van der Waals surface area contributed by atoms with Crippen molar-refractivity contribution < 1.29 is 4.84 Å². The molecule has 0 aliphatic carbocycles. The van der Waals surface area contributed by atoms with Crippen LogP contribution in [0.1, 0.15) is 16.7 Å². The molecule has 0 spiro atoms. The summed E-state index contributed by atoms with van der Waals surface area (Å²) in [6.45, 7) is 0.186. The number of rotatable bonds is 4. The predicted octanol–water partition coefficient (Wildman–Crippen LogP) is 3.05. The minimum Gasteiger partial charge on any atom is -0.389 e. The minimum atomic E-state index is 0.186. The van der Waals surface area contributed by atoms with Crippen LogP contribution >= 0.6 is 11.6 Å². The molecule has 2 N–H and O–H groups in total. The van der Waals surface area contributed by atoms with E-state index in [0.717, 1.165) is 5.56 Å². The summed E-state index contributed by atoms with van der Waals surface area (Å²) < 4.78 is 0. The van der Waals surface area contributed by atoms with Crippen LogP contribution in [0.3, 0.4) is 0 Å². The van der Waals surface area contributed by atoms with Gasteiger partial charge in [-0.2, -0.15) is 5.26 Å². The number of hydrogen-bond acceptors (Lipinski definition) is 3. The first-order valence-electron chi connectivity index (χ1n) is 5.90. The Morgan fingerprint density at radius 1 is 1.25 bits per heavy atom. The van der Waals surface area contributed by atoms with Crippen LogP contribution in [0, 0.1) is 11.3 Å². The molecule has 0 saturated carbocycles. The molecule has 0 amide bonds. The van der Waals surface area contributed by atoms with E-state index in [9.17, 15) is 0 Å². The fourth-order valence-corrected chi connectivity index (χ4v) is 1.82. The third kappa shape index (κ3) is 3.50. The first-order valence-corrected chi connectivity index (χ1v) is 6.28. The van der Waals surface area contributed by atoms with Crippen molar-refractivity contribution in [3.05, 3.63) is 70.2 Å². The van der Waals surface area contributed by atoms with E-state index in [4.69, 9.17) is 27.4 Å². The lowest BCUT2D eigenvalue weighted by molar-refractivity contribution is 0.130. The van der Waals surface area contributed by atoms with E-state index < -0.39 is 0 Å². The van der Waals surface area contributed by atoms with Gasteiger partial charge in [0.2, 0.25) is 0 Å². The van der Waals surface area contributed by atoms with E-state index in [1.807, 2.05) is 12.1 Å². The molecule has 2 aromatic carbocycles. The van der Waals surface area contributed by atoms with Crippen LogP contribution in [-0.4, -0.2) is 5.84 Å². The van der Waals surface area contributed by atoms with Gasteiger partial charge in [-0.05, 0) is 18.2 Å².